The molecule has 0 spiro atoms. The zero-order valence-electron chi connectivity index (χ0n) is 20.1. The minimum Gasteiger partial charge on any atom is -0.343 e. The quantitative estimate of drug-likeness (QED) is 0.288. The van der Waals surface area contributed by atoms with Crippen LogP contribution >= 0.6 is 24.6 Å². The fourth-order valence-electron chi connectivity index (χ4n) is 4.31. The number of hydrogen-bond acceptors (Lipinski definition) is 5. The van der Waals surface area contributed by atoms with E-state index in [9.17, 15) is 9.59 Å². The Morgan fingerprint density at radius 2 is 1.66 bits per heavy atom. The van der Waals surface area contributed by atoms with E-state index >= 15 is 0 Å². The van der Waals surface area contributed by atoms with Crippen LogP contribution < -0.4 is 10.0 Å². The molecule has 2 atom stereocenters. The van der Waals surface area contributed by atoms with E-state index in [4.69, 9.17) is 0 Å². The Hall–Kier alpha value is -2.48. The molecule has 1 saturated heterocycles. The largest absolute Gasteiger partial charge is 0.343 e. The van der Waals surface area contributed by atoms with E-state index < -0.39 is 12.1 Å². The van der Waals surface area contributed by atoms with Gasteiger partial charge in [0.05, 0.1) is 0 Å². The Morgan fingerprint density at radius 3 is 2.37 bits per heavy atom. The van der Waals surface area contributed by atoms with Gasteiger partial charge in [-0.25, -0.2) is 4.72 Å². The molecule has 1 heterocycles. The number of thiol groups is 1. The lowest BCUT2D eigenvalue weighted by atomic mass is 10.0. The van der Waals surface area contributed by atoms with Crippen LogP contribution in [0.3, 0.4) is 0 Å². The second-order valence-corrected chi connectivity index (χ2v) is 10.4. The van der Waals surface area contributed by atoms with Crippen molar-refractivity contribution in [3.63, 3.8) is 0 Å². The van der Waals surface area contributed by atoms with Crippen molar-refractivity contribution in [1.82, 2.24) is 14.9 Å². The van der Waals surface area contributed by atoms with Crippen molar-refractivity contribution in [2.24, 2.45) is 0 Å². The molecule has 2 amide bonds. The maximum absolute atomic E-state index is 13.4. The van der Waals surface area contributed by atoms with Gasteiger partial charge in [-0.05, 0) is 66.6 Å². The van der Waals surface area contributed by atoms with Gasteiger partial charge in [-0.3, -0.25) is 9.59 Å². The first kappa shape index (κ1) is 25.6. The monoisotopic (exact) mass is 507 g/mol. The Labute approximate surface area is 217 Å². The number of fused-ring (bicyclic) bond motifs is 1. The third-order valence-corrected chi connectivity index (χ3v) is 7.64. The highest BCUT2D eigenvalue weighted by Gasteiger charge is 2.29. The van der Waals surface area contributed by atoms with Gasteiger partial charge in [-0.2, -0.15) is 12.6 Å². The van der Waals surface area contributed by atoms with Crippen molar-refractivity contribution < 1.29 is 9.59 Å². The number of benzene rings is 3. The lowest BCUT2D eigenvalue weighted by Crippen LogP contribution is -2.54. The predicted molar refractivity (Wildman–Crippen MR) is 148 cm³/mol. The number of carbonyl (C=O) groups excluding carboxylic acids is 2. The number of nitrogens with zero attached hydrogens (tertiary/aromatic N) is 1. The molecule has 3 aromatic carbocycles. The minimum atomic E-state index is -0.599. The summed E-state index contributed by atoms with van der Waals surface area (Å²) in [6.45, 7) is 3.55. The number of hydrogen-bond donors (Lipinski definition) is 3. The second-order valence-electron chi connectivity index (χ2n) is 9.10. The highest BCUT2D eigenvalue weighted by molar-refractivity contribution is 7.97. The van der Waals surface area contributed by atoms with Crippen molar-refractivity contribution in [3.8, 4) is 0 Å². The summed E-state index contributed by atoms with van der Waals surface area (Å²) in [6.07, 6.45) is 3.65. The Kier molecular flexibility index (Phi) is 9.12. The topological polar surface area (TPSA) is 61.4 Å². The highest BCUT2D eigenvalue weighted by atomic mass is 32.2. The van der Waals surface area contributed by atoms with E-state index in [-0.39, 0.29) is 11.8 Å². The lowest BCUT2D eigenvalue weighted by Gasteiger charge is -2.31. The van der Waals surface area contributed by atoms with E-state index in [0.717, 1.165) is 48.2 Å². The summed E-state index contributed by atoms with van der Waals surface area (Å²) in [6, 6.07) is 21.4. The lowest BCUT2D eigenvalue weighted by molar-refractivity contribution is -0.137. The van der Waals surface area contributed by atoms with E-state index in [0.29, 0.717) is 12.2 Å². The van der Waals surface area contributed by atoms with Gasteiger partial charge in [-0.15, -0.1) is 0 Å². The third kappa shape index (κ3) is 7.03. The van der Waals surface area contributed by atoms with Crippen molar-refractivity contribution in [2.75, 3.05) is 18.8 Å². The van der Waals surface area contributed by atoms with Crippen LogP contribution in [0.5, 0.6) is 0 Å². The van der Waals surface area contributed by atoms with Crippen LogP contribution in [0.4, 0.5) is 0 Å². The molecule has 184 valence electrons. The van der Waals surface area contributed by atoms with Gasteiger partial charge >= 0.3 is 0 Å². The molecule has 7 heteroatoms. The number of piperidine rings is 1. The predicted octanol–water partition coefficient (Wildman–Crippen LogP) is 4.78. The van der Waals surface area contributed by atoms with E-state index in [1.807, 2.05) is 54.3 Å². The second kappa shape index (κ2) is 12.5. The molecule has 1 aliphatic heterocycles. The first-order valence-corrected chi connectivity index (χ1v) is 13.6. The van der Waals surface area contributed by atoms with Gasteiger partial charge in [0.1, 0.15) is 12.1 Å². The maximum Gasteiger partial charge on any atom is 0.245 e. The van der Waals surface area contributed by atoms with E-state index in [2.05, 4.69) is 46.9 Å². The molecule has 4 rings (SSSR count). The van der Waals surface area contributed by atoms with Gasteiger partial charge in [0.15, 0.2) is 0 Å². The van der Waals surface area contributed by atoms with Gasteiger partial charge in [-0.1, -0.05) is 60.2 Å². The summed E-state index contributed by atoms with van der Waals surface area (Å²) in [5.41, 5.74) is 2.20. The zero-order valence-corrected chi connectivity index (χ0v) is 21.8. The summed E-state index contributed by atoms with van der Waals surface area (Å²) in [7, 11) is 0. The minimum absolute atomic E-state index is 0.00118. The Bertz CT molecular complexity index is 1150. The van der Waals surface area contributed by atoms with E-state index in [1.165, 1.54) is 22.9 Å². The summed E-state index contributed by atoms with van der Waals surface area (Å²) >= 11 is 5.82. The third-order valence-electron chi connectivity index (χ3n) is 6.38. The SMILES string of the molecule is Cc1ccc(CC(NC(=O)C(CS)NSc2ccc3ccccc3c2)C(=O)N2CCCCC2)cc1. The van der Waals surface area contributed by atoms with Gasteiger partial charge in [0.25, 0.3) is 0 Å². The molecular formula is C28H33N3O2S2. The van der Waals surface area contributed by atoms with Crippen molar-refractivity contribution >= 4 is 47.2 Å². The average molecular weight is 508 g/mol. The van der Waals surface area contributed by atoms with Crippen LogP contribution in [0.2, 0.25) is 0 Å². The first-order valence-electron chi connectivity index (χ1n) is 12.2. The summed E-state index contributed by atoms with van der Waals surface area (Å²) in [4.78, 5) is 29.5. The molecule has 35 heavy (non-hydrogen) atoms. The number of rotatable bonds is 9. The maximum atomic E-state index is 13.4. The molecule has 2 unspecified atom stereocenters. The van der Waals surface area contributed by atoms with E-state index in [1.54, 1.807) is 0 Å². The molecule has 0 radical (unpaired) electrons. The molecule has 0 saturated carbocycles. The molecule has 1 fully saturated rings. The highest BCUT2D eigenvalue weighted by Crippen LogP contribution is 2.22. The molecule has 3 aromatic rings. The van der Waals surface area contributed by atoms with Crippen LogP contribution in [-0.2, 0) is 16.0 Å². The average Bonchev–Trinajstić information content (AvgIpc) is 2.90. The molecular weight excluding hydrogens is 474 g/mol. The molecule has 1 aliphatic rings. The summed E-state index contributed by atoms with van der Waals surface area (Å²) in [5, 5.41) is 5.37. The van der Waals surface area contributed by atoms with Crippen molar-refractivity contribution in [2.45, 2.75) is 49.6 Å². The molecule has 5 nitrogen and oxygen atoms in total. The number of nitrogens with one attached hydrogen (secondary N) is 2. The number of amides is 2. The number of carbonyl (C=O) groups is 2. The molecule has 0 aromatic heterocycles. The molecule has 0 bridgehead atoms. The van der Waals surface area contributed by atoms with Crippen LogP contribution in [0.25, 0.3) is 10.8 Å². The van der Waals surface area contributed by atoms with Crippen LogP contribution in [0.1, 0.15) is 30.4 Å². The fourth-order valence-corrected chi connectivity index (χ4v) is 5.48. The van der Waals surface area contributed by atoms with Crippen molar-refractivity contribution in [3.05, 3.63) is 77.9 Å². The normalized spacial score (nSPS) is 15.5. The summed E-state index contributed by atoms with van der Waals surface area (Å²) in [5.74, 6) is 0.108. The van der Waals surface area contributed by atoms with Gasteiger partial charge < -0.3 is 10.2 Å². The molecule has 0 aliphatic carbocycles. The fraction of sp³-hybridized carbons (Fsp3) is 0.357. The number of likely N-dealkylation sites (tertiary alicyclic amines) is 1. The van der Waals surface area contributed by atoms with Crippen LogP contribution in [0, 0.1) is 6.92 Å². The smallest absolute Gasteiger partial charge is 0.245 e. The Morgan fingerprint density at radius 1 is 0.943 bits per heavy atom. The Balaban J connectivity index is 1.43. The van der Waals surface area contributed by atoms with Crippen LogP contribution in [-0.4, -0.2) is 47.6 Å². The van der Waals surface area contributed by atoms with Crippen molar-refractivity contribution in [1.29, 1.82) is 0 Å². The summed E-state index contributed by atoms with van der Waals surface area (Å²) < 4.78 is 3.25. The number of aryl methyl sites for hydroxylation is 1. The molecule has 2 N–H and O–H groups in total. The van der Waals surface area contributed by atoms with Crippen LogP contribution in [0.15, 0.2) is 71.6 Å². The standard InChI is InChI=1S/C28H33N3O2S2/c1-20-9-11-21(12-10-20)17-25(28(33)31-15-5-2-6-16-31)29-27(32)26(19-34)30-35-24-14-13-22-7-3-4-8-23(22)18-24/h3-4,7-14,18,25-26,30,34H,2,5-6,15-17,19H2,1H3,(H,29,32). The van der Waals surface area contributed by atoms with Gasteiger partial charge in [0.2, 0.25) is 11.8 Å². The zero-order chi connectivity index (χ0) is 24.6. The first-order chi connectivity index (χ1) is 17.0. The van der Waals surface area contributed by atoms with Gasteiger partial charge in [0, 0.05) is 30.2 Å².